The molecule has 3 heterocycles. The van der Waals surface area contributed by atoms with Gasteiger partial charge in [-0.3, -0.25) is 9.97 Å². The number of fused-ring (bicyclic) bond motifs is 4. The highest BCUT2D eigenvalue weighted by Gasteiger charge is 2.13. The molecule has 0 aliphatic heterocycles. The molecule has 7 aromatic rings. The van der Waals surface area contributed by atoms with E-state index < -0.39 is 0 Å². The Morgan fingerprint density at radius 1 is 0.421 bits per heavy atom. The smallest absolute Gasteiger partial charge is 0.123 e. The van der Waals surface area contributed by atoms with Crippen LogP contribution in [-0.4, -0.2) is 19.9 Å². The van der Waals surface area contributed by atoms with E-state index in [9.17, 15) is 8.78 Å². The van der Waals surface area contributed by atoms with Gasteiger partial charge in [0.1, 0.15) is 11.6 Å². The summed E-state index contributed by atoms with van der Waals surface area (Å²) < 4.78 is 26.5. The number of pyridine rings is 2. The molecule has 0 bridgehead atoms. The third kappa shape index (κ3) is 4.67. The predicted octanol–water partition coefficient (Wildman–Crippen LogP) is 8.03. The zero-order valence-electron chi connectivity index (χ0n) is 20.1. The van der Waals surface area contributed by atoms with E-state index in [0.717, 1.165) is 44.0 Å². The van der Waals surface area contributed by atoms with E-state index in [1.54, 1.807) is 36.7 Å². The maximum atomic E-state index is 13.2. The Bertz CT molecular complexity index is 1750. The highest BCUT2D eigenvalue weighted by molar-refractivity contribution is 6.02. The van der Waals surface area contributed by atoms with E-state index in [4.69, 9.17) is 9.97 Å². The average molecular weight is 499 g/mol. The van der Waals surface area contributed by atoms with Gasteiger partial charge in [0.05, 0.1) is 33.5 Å². The van der Waals surface area contributed by atoms with Crippen LogP contribution in [0.5, 0.6) is 0 Å². The lowest BCUT2D eigenvalue weighted by Crippen LogP contribution is -1.95. The Morgan fingerprint density at radius 3 is 1.26 bits per heavy atom. The zero-order chi connectivity index (χ0) is 25.9. The minimum Gasteiger partial charge on any atom is -0.254 e. The van der Waals surface area contributed by atoms with Gasteiger partial charge in [-0.25, -0.2) is 18.7 Å². The van der Waals surface area contributed by atoms with Crippen LogP contribution in [0.4, 0.5) is 8.78 Å². The van der Waals surface area contributed by atoms with Crippen LogP contribution < -0.4 is 0 Å². The van der Waals surface area contributed by atoms with Crippen LogP contribution in [-0.2, 0) is 0 Å². The lowest BCUT2D eigenvalue weighted by molar-refractivity contribution is 0.627. The van der Waals surface area contributed by atoms with Crippen molar-refractivity contribution in [2.24, 2.45) is 0 Å². The molecule has 4 nitrogen and oxygen atoms in total. The number of para-hydroxylation sites is 2. The summed E-state index contributed by atoms with van der Waals surface area (Å²) in [7, 11) is 0. The Kier molecular flexibility index (Phi) is 6.20. The van der Waals surface area contributed by atoms with Crippen molar-refractivity contribution < 1.29 is 8.78 Å². The summed E-state index contributed by atoms with van der Waals surface area (Å²) in [6.07, 6.45) is 3.60. The van der Waals surface area contributed by atoms with E-state index in [-0.39, 0.29) is 11.6 Å². The van der Waals surface area contributed by atoms with Crippen molar-refractivity contribution in [3.05, 3.63) is 133 Å². The van der Waals surface area contributed by atoms with Crippen LogP contribution in [0.2, 0.25) is 0 Å². The van der Waals surface area contributed by atoms with Crippen LogP contribution >= 0.6 is 0 Å². The van der Waals surface area contributed by atoms with Crippen molar-refractivity contribution >= 4 is 32.8 Å². The normalized spacial score (nSPS) is 10.9. The van der Waals surface area contributed by atoms with E-state index >= 15 is 0 Å². The Balaban J connectivity index is 0.000000159. The molecule has 4 aromatic carbocycles. The Morgan fingerprint density at radius 2 is 0.842 bits per heavy atom. The van der Waals surface area contributed by atoms with Crippen LogP contribution in [0.25, 0.3) is 55.4 Å². The first-order valence-corrected chi connectivity index (χ1v) is 12.0. The zero-order valence-corrected chi connectivity index (χ0v) is 20.1. The van der Waals surface area contributed by atoms with E-state index in [0.29, 0.717) is 11.4 Å². The molecule has 0 aliphatic carbocycles. The number of hydrogen-bond acceptors (Lipinski definition) is 4. The molecule has 0 spiro atoms. The first kappa shape index (κ1) is 23.3. The van der Waals surface area contributed by atoms with Crippen molar-refractivity contribution in [3.8, 4) is 22.5 Å². The highest BCUT2D eigenvalue weighted by Crippen LogP contribution is 2.31. The quantitative estimate of drug-likeness (QED) is 0.227. The summed E-state index contributed by atoms with van der Waals surface area (Å²) in [5.41, 5.74) is 6.25. The molecule has 7 rings (SSSR count). The summed E-state index contributed by atoms with van der Waals surface area (Å²) in [6.45, 7) is 0. The second-order valence-corrected chi connectivity index (χ2v) is 8.64. The maximum Gasteiger partial charge on any atom is 0.123 e. The van der Waals surface area contributed by atoms with Gasteiger partial charge in [-0.1, -0.05) is 36.4 Å². The Labute approximate surface area is 217 Å². The number of benzene rings is 4. The van der Waals surface area contributed by atoms with Gasteiger partial charge in [0.15, 0.2) is 0 Å². The van der Waals surface area contributed by atoms with Crippen molar-refractivity contribution in [3.63, 3.8) is 0 Å². The number of aromatic nitrogens is 4. The highest BCUT2D eigenvalue weighted by atomic mass is 19.1. The lowest BCUT2D eigenvalue weighted by Gasteiger charge is -2.10. The monoisotopic (exact) mass is 498 g/mol. The van der Waals surface area contributed by atoms with Crippen LogP contribution in [0, 0.1) is 11.6 Å². The van der Waals surface area contributed by atoms with Crippen LogP contribution in [0.15, 0.2) is 122 Å². The molecule has 0 unspecified atom stereocenters. The van der Waals surface area contributed by atoms with Gasteiger partial charge in [0.2, 0.25) is 0 Å². The molecule has 182 valence electrons. The van der Waals surface area contributed by atoms with Gasteiger partial charge in [-0.05, 0) is 72.8 Å². The molecule has 0 saturated heterocycles. The second kappa shape index (κ2) is 10.1. The SMILES string of the molecule is Fc1ccc(-c2nc3ccccc3nc2-c2ccc(F)cc2)cc1.c1cnc2c(c1)ccc1cccnc12. The topological polar surface area (TPSA) is 51.6 Å². The largest absolute Gasteiger partial charge is 0.254 e. The number of rotatable bonds is 2. The summed E-state index contributed by atoms with van der Waals surface area (Å²) >= 11 is 0. The summed E-state index contributed by atoms with van der Waals surface area (Å²) in [4.78, 5) is 18.1. The molecule has 0 fully saturated rings. The van der Waals surface area contributed by atoms with Crippen molar-refractivity contribution in [1.29, 1.82) is 0 Å². The maximum absolute atomic E-state index is 13.2. The van der Waals surface area contributed by atoms with Crippen molar-refractivity contribution in [1.82, 2.24) is 19.9 Å². The fourth-order valence-electron chi connectivity index (χ4n) is 4.30. The first-order valence-electron chi connectivity index (χ1n) is 12.0. The van der Waals surface area contributed by atoms with Gasteiger partial charge in [-0.2, -0.15) is 0 Å². The van der Waals surface area contributed by atoms with Crippen LogP contribution in [0.1, 0.15) is 0 Å². The number of hydrogen-bond donors (Lipinski definition) is 0. The summed E-state index contributed by atoms with van der Waals surface area (Å²) in [5.74, 6) is -0.619. The molecule has 0 N–H and O–H groups in total. The molecule has 0 saturated carbocycles. The Hall–Kier alpha value is -5.10. The van der Waals surface area contributed by atoms with Gasteiger partial charge < -0.3 is 0 Å². The molecule has 0 aliphatic rings. The third-order valence-electron chi connectivity index (χ3n) is 6.15. The van der Waals surface area contributed by atoms with Gasteiger partial charge >= 0.3 is 0 Å². The fourth-order valence-corrected chi connectivity index (χ4v) is 4.30. The van der Waals surface area contributed by atoms with Crippen molar-refractivity contribution in [2.45, 2.75) is 0 Å². The summed E-state index contributed by atoms with van der Waals surface area (Å²) in [6, 6.07) is 31.9. The molecule has 3 aromatic heterocycles. The molecule has 0 amide bonds. The van der Waals surface area contributed by atoms with Gasteiger partial charge in [0, 0.05) is 34.3 Å². The average Bonchev–Trinajstić information content (AvgIpc) is 2.98. The minimum absolute atomic E-state index is 0.309. The minimum atomic E-state index is -0.309. The molecule has 38 heavy (non-hydrogen) atoms. The van der Waals surface area contributed by atoms with E-state index in [2.05, 4.69) is 34.2 Å². The second-order valence-electron chi connectivity index (χ2n) is 8.64. The van der Waals surface area contributed by atoms with E-state index in [1.165, 1.54) is 24.3 Å². The van der Waals surface area contributed by atoms with E-state index in [1.807, 2.05) is 36.4 Å². The van der Waals surface area contributed by atoms with Crippen LogP contribution in [0.3, 0.4) is 0 Å². The fraction of sp³-hybridized carbons (Fsp3) is 0. The molecule has 0 atom stereocenters. The number of halogens is 2. The van der Waals surface area contributed by atoms with Gasteiger partial charge in [0.25, 0.3) is 0 Å². The first-order chi connectivity index (χ1) is 18.7. The standard InChI is InChI=1S/C20H12F2N2.C12H8N2/c21-15-9-5-13(6-10-15)19-20(14-7-11-16(22)12-8-14)24-18-4-2-1-3-17(18)23-19;1-3-9-5-6-10-4-2-8-14-12(10)11(9)13-7-1/h1-12H;1-8H. The van der Waals surface area contributed by atoms with Gasteiger partial charge in [-0.15, -0.1) is 0 Å². The number of nitrogens with zero attached hydrogens (tertiary/aromatic N) is 4. The molecule has 0 radical (unpaired) electrons. The molecular formula is C32H20F2N4. The summed E-state index contributed by atoms with van der Waals surface area (Å²) in [5, 5.41) is 2.28. The third-order valence-corrected chi connectivity index (χ3v) is 6.15. The molecular weight excluding hydrogens is 478 g/mol. The lowest BCUT2D eigenvalue weighted by atomic mass is 10.0. The predicted molar refractivity (Wildman–Crippen MR) is 147 cm³/mol. The van der Waals surface area contributed by atoms with Crippen molar-refractivity contribution in [2.75, 3.05) is 0 Å². The molecule has 6 heteroatoms.